The lowest BCUT2D eigenvalue weighted by molar-refractivity contribution is -0.138. The molecule has 4 nitrogen and oxygen atoms in total. The Hall–Kier alpha value is -1.47. The van der Waals surface area contributed by atoms with Crippen LogP contribution in [0.4, 0.5) is 13.2 Å². The molecule has 8 heteroatoms. The topological polar surface area (TPSA) is 64.3 Å². The van der Waals surface area contributed by atoms with Gasteiger partial charge in [-0.3, -0.25) is 4.79 Å². The van der Waals surface area contributed by atoms with Gasteiger partial charge in [-0.25, -0.2) is 0 Å². The largest absolute Gasteiger partial charge is 0.497 e. The third-order valence-corrected chi connectivity index (χ3v) is 2.93. The molecule has 1 amide bonds. The van der Waals surface area contributed by atoms with E-state index in [1.54, 1.807) is 6.92 Å². The molecular formula is C14H20ClF3N2O2. The monoisotopic (exact) mass is 340 g/mol. The SMILES string of the molecule is COc1ccc(CNC(=O)CCC(C)N)c(C(F)(F)F)c1.Cl. The lowest BCUT2D eigenvalue weighted by Gasteiger charge is -2.15. The Morgan fingerprint density at radius 1 is 1.41 bits per heavy atom. The van der Waals surface area contributed by atoms with Crippen molar-refractivity contribution in [1.82, 2.24) is 5.32 Å². The van der Waals surface area contributed by atoms with Gasteiger partial charge in [0.05, 0.1) is 12.7 Å². The van der Waals surface area contributed by atoms with E-state index in [2.05, 4.69) is 5.32 Å². The van der Waals surface area contributed by atoms with Crippen LogP contribution in [0.2, 0.25) is 0 Å². The van der Waals surface area contributed by atoms with E-state index < -0.39 is 11.7 Å². The molecule has 1 atom stereocenters. The zero-order valence-corrected chi connectivity index (χ0v) is 13.2. The fourth-order valence-corrected chi connectivity index (χ4v) is 1.74. The number of ether oxygens (including phenoxy) is 1. The van der Waals surface area contributed by atoms with E-state index in [4.69, 9.17) is 10.5 Å². The van der Waals surface area contributed by atoms with Crippen molar-refractivity contribution in [3.63, 3.8) is 0 Å². The van der Waals surface area contributed by atoms with Crippen molar-refractivity contribution in [2.75, 3.05) is 7.11 Å². The van der Waals surface area contributed by atoms with Crippen molar-refractivity contribution in [2.45, 2.75) is 38.5 Å². The minimum absolute atomic E-state index is 0. The third kappa shape index (κ3) is 6.53. The summed E-state index contributed by atoms with van der Waals surface area (Å²) in [5, 5.41) is 2.47. The highest BCUT2D eigenvalue weighted by atomic mass is 35.5. The Morgan fingerprint density at radius 2 is 2.05 bits per heavy atom. The predicted octanol–water partition coefficient (Wildman–Crippen LogP) is 2.88. The number of nitrogens with one attached hydrogen (secondary N) is 1. The molecule has 1 rings (SSSR count). The summed E-state index contributed by atoms with van der Waals surface area (Å²) in [6.45, 7) is 1.58. The van der Waals surface area contributed by atoms with Crippen molar-refractivity contribution in [2.24, 2.45) is 5.73 Å². The van der Waals surface area contributed by atoms with Crippen LogP contribution in [0.15, 0.2) is 18.2 Å². The molecular weight excluding hydrogens is 321 g/mol. The number of hydrogen-bond donors (Lipinski definition) is 2. The third-order valence-electron chi connectivity index (χ3n) is 2.93. The summed E-state index contributed by atoms with van der Waals surface area (Å²) in [5.74, 6) is -0.203. The number of hydrogen-bond acceptors (Lipinski definition) is 3. The maximum absolute atomic E-state index is 13.0. The average molecular weight is 341 g/mol. The molecule has 0 spiro atoms. The predicted molar refractivity (Wildman–Crippen MR) is 80.0 cm³/mol. The first-order valence-corrected chi connectivity index (χ1v) is 6.50. The van der Waals surface area contributed by atoms with Crippen LogP contribution in [0.1, 0.15) is 30.9 Å². The number of amides is 1. The summed E-state index contributed by atoms with van der Waals surface area (Å²) in [6, 6.07) is 3.53. The maximum Gasteiger partial charge on any atom is 0.416 e. The molecule has 22 heavy (non-hydrogen) atoms. The number of halogens is 4. The second-order valence-corrected chi connectivity index (χ2v) is 4.81. The number of alkyl halides is 3. The van der Waals surface area contributed by atoms with Crippen LogP contribution in [0.25, 0.3) is 0 Å². The minimum Gasteiger partial charge on any atom is -0.497 e. The first kappa shape index (κ1) is 20.5. The highest BCUT2D eigenvalue weighted by Crippen LogP contribution is 2.34. The van der Waals surface area contributed by atoms with Gasteiger partial charge >= 0.3 is 6.18 Å². The Bertz CT molecular complexity index is 493. The fourth-order valence-electron chi connectivity index (χ4n) is 1.74. The van der Waals surface area contributed by atoms with Crippen molar-refractivity contribution >= 4 is 18.3 Å². The summed E-state index contributed by atoms with van der Waals surface area (Å²) in [6.07, 6.45) is -3.82. The van der Waals surface area contributed by atoms with Crippen LogP contribution >= 0.6 is 12.4 Å². The number of benzene rings is 1. The molecule has 0 heterocycles. The van der Waals surface area contributed by atoms with E-state index in [0.717, 1.165) is 6.07 Å². The molecule has 0 saturated heterocycles. The molecule has 0 aliphatic heterocycles. The second kappa shape index (κ2) is 8.85. The van der Waals surface area contributed by atoms with Crippen molar-refractivity contribution in [3.8, 4) is 5.75 Å². The highest BCUT2D eigenvalue weighted by molar-refractivity contribution is 5.85. The maximum atomic E-state index is 13.0. The van der Waals surface area contributed by atoms with Gasteiger partial charge in [0.15, 0.2) is 0 Å². The summed E-state index contributed by atoms with van der Waals surface area (Å²) >= 11 is 0. The molecule has 1 unspecified atom stereocenters. The number of methoxy groups -OCH3 is 1. The zero-order chi connectivity index (χ0) is 16.0. The van der Waals surface area contributed by atoms with Crippen LogP contribution in [-0.2, 0) is 17.5 Å². The van der Waals surface area contributed by atoms with Gasteiger partial charge in [-0.1, -0.05) is 6.07 Å². The lowest BCUT2D eigenvalue weighted by Crippen LogP contribution is -2.26. The Morgan fingerprint density at radius 3 is 2.55 bits per heavy atom. The fraction of sp³-hybridized carbons (Fsp3) is 0.500. The van der Waals surface area contributed by atoms with Crippen LogP contribution in [0, 0.1) is 0 Å². The summed E-state index contributed by atoms with van der Waals surface area (Å²) in [5.41, 5.74) is 4.71. The molecule has 1 aromatic carbocycles. The zero-order valence-electron chi connectivity index (χ0n) is 12.4. The molecule has 3 N–H and O–H groups in total. The number of carbonyl (C=O) groups is 1. The normalized spacial score (nSPS) is 12.3. The lowest BCUT2D eigenvalue weighted by atomic mass is 10.1. The van der Waals surface area contributed by atoms with Crippen molar-refractivity contribution < 1.29 is 22.7 Å². The summed E-state index contributed by atoms with van der Waals surface area (Å²) in [4.78, 5) is 11.5. The van der Waals surface area contributed by atoms with Crippen LogP contribution in [0.5, 0.6) is 5.75 Å². The van der Waals surface area contributed by atoms with Crippen LogP contribution < -0.4 is 15.8 Å². The Labute approximate surface area is 133 Å². The number of nitrogens with two attached hydrogens (primary N) is 1. The van der Waals surface area contributed by atoms with E-state index in [-0.39, 0.29) is 48.6 Å². The molecule has 0 saturated carbocycles. The van der Waals surface area contributed by atoms with Gasteiger partial charge in [-0.2, -0.15) is 13.2 Å². The molecule has 0 aliphatic carbocycles. The molecule has 0 aliphatic rings. The molecule has 0 radical (unpaired) electrons. The number of carbonyl (C=O) groups excluding carboxylic acids is 1. The summed E-state index contributed by atoms with van der Waals surface area (Å²) < 4.78 is 43.7. The minimum atomic E-state index is -4.50. The Balaban J connectivity index is 0.00000441. The van der Waals surface area contributed by atoms with Gasteiger partial charge in [0, 0.05) is 19.0 Å². The second-order valence-electron chi connectivity index (χ2n) is 4.81. The molecule has 1 aromatic rings. The van der Waals surface area contributed by atoms with Gasteiger partial charge in [-0.15, -0.1) is 12.4 Å². The molecule has 0 bridgehead atoms. The van der Waals surface area contributed by atoms with Crippen molar-refractivity contribution in [3.05, 3.63) is 29.3 Å². The molecule has 0 aromatic heterocycles. The molecule has 0 fully saturated rings. The van der Waals surface area contributed by atoms with E-state index in [0.29, 0.717) is 6.42 Å². The standard InChI is InChI=1S/C14H19F3N2O2.ClH/c1-9(18)3-6-13(20)19-8-10-4-5-11(21-2)7-12(10)14(15,16)17;/h4-5,7,9H,3,6,8,18H2,1-2H3,(H,19,20);1H. The van der Waals surface area contributed by atoms with Gasteiger partial charge in [0.25, 0.3) is 0 Å². The van der Waals surface area contributed by atoms with Gasteiger partial charge in [0.2, 0.25) is 5.91 Å². The summed E-state index contributed by atoms with van der Waals surface area (Å²) in [7, 11) is 1.30. The van der Waals surface area contributed by atoms with E-state index in [1.165, 1.54) is 19.2 Å². The average Bonchev–Trinajstić information content (AvgIpc) is 2.41. The van der Waals surface area contributed by atoms with E-state index in [9.17, 15) is 18.0 Å². The highest BCUT2D eigenvalue weighted by Gasteiger charge is 2.33. The van der Waals surface area contributed by atoms with Crippen LogP contribution in [0.3, 0.4) is 0 Å². The Kier molecular flexibility index (Phi) is 8.26. The molecule has 126 valence electrons. The van der Waals surface area contributed by atoms with Gasteiger partial charge in [0.1, 0.15) is 5.75 Å². The van der Waals surface area contributed by atoms with Crippen molar-refractivity contribution in [1.29, 1.82) is 0 Å². The number of rotatable bonds is 6. The van der Waals surface area contributed by atoms with E-state index in [1.807, 2.05) is 0 Å². The first-order valence-electron chi connectivity index (χ1n) is 6.50. The van der Waals surface area contributed by atoms with Gasteiger partial charge in [-0.05, 0) is 31.0 Å². The quantitative estimate of drug-likeness (QED) is 0.837. The first-order chi connectivity index (χ1) is 9.74. The van der Waals surface area contributed by atoms with E-state index >= 15 is 0 Å². The smallest absolute Gasteiger partial charge is 0.416 e. The van der Waals surface area contributed by atoms with Gasteiger partial charge < -0.3 is 15.8 Å². The van der Waals surface area contributed by atoms with Crippen LogP contribution in [-0.4, -0.2) is 19.1 Å².